The summed E-state index contributed by atoms with van der Waals surface area (Å²) in [6, 6.07) is 110. The van der Waals surface area contributed by atoms with Gasteiger partial charge in [-0.15, -0.1) is 0 Å². The summed E-state index contributed by atoms with van der Waals surface area (Å²) in [7, 11) is 0. The minimum absolute atomic E-state index is 1.09. The van der Waals surface area contributed by atoms with Gasteiger partial charge < -0.3 is 18.9 Å². The van der Waals surface area contributed by atoms with Crippen molar-refractivity contribution in [1.29, 1.82) is 0 Å². The van der Waals surface area contributed by atoms with E-state index in [4.69, 9.17) is 0 Å². The van der Waals surface area contributed by atoms with Gasteiger partial charge in [-0.05, 0) is 165 Å². The zero-order valence-electron chi connectivity index (χ0n) is 42.7. The van der Waals surface area contributed by atoms with Gasteiger partial charge in [-0.1, -0.05) is 182 Å². The predicted octanol–water partition coefficient (Wildman–Crippen LogP) is 20.5. The molecule has 4 heteroatoms. The molecule has 0 bridgehead atoms. The number of aromatic nitrogens is 2. The zero-order valence-corrected chi connectivity index (χ0v) is 42.7. The molecule has 0 fully saturated rings. The fourth-order valence-electron chi connectivity index (χ4n) is 12.3. The maximum absolute atomic E-state index is 2.37. The van der Waals surface area contributed by atoms with E-state index in [9.17, 15) is 0 Å². The fraction of sp³-hybridized carbons (Fsp3) is 0. The van der Waals surface area contributed by atoms with Crippen molar-refractivity contribution in [3.63, 3.8) is 0 Å². The molecule has 0 aliphatic heterocycles. The maximum atomic E-state index is 2.37. The summed E-state index contributed by atoms with van der Waals surface area (Å²) in [5.74, 6) is 0. The van der Waals surface area contributed by atoms with Gasteiger partial charge >= 0.3 is 0 Å². The van der Waals surface area contributed by atoms with Crippen LogP contribution < -0.4 is 9.80 Å². The highest BCUT2D eigenvalue weighted by Crippen LogP contribution is 2.46. The van der Waals surface area contributed by atoms with Crippen LogP contribution in [0.2, 0.25) is 0 Å². The summed E-state index contributed by atoms with van der Waals surface area (Å²) in [5.41, 5.74) is 18.4. The lowest BCUT2D eigenvalue weighted by Crippen LogP contribution is -2.10. The van der Waals surface area contributed by atoms with Crippen LogP contribution in [0.1, 0.15) is 0 Å². The molecular formula is C74H50N4. The quantitative estimate of drug-likeness (QED) is 0.127. The summed E-state index contributed by atoms with van der Waals surface area (Å²) in [4.78, 5) is 4.70. The van der Waals surface area contributed by atoms with Crippen molar-refractivity contribution < 1.29 is 0 Å². The van der Waals surface area contributed by atoms with Gasteiger partial charge in [-0.2, -0.15) is 0 Å². The van der Waals surface area contributed by atoms with Crippen LogP contribution in [0.15, 0.2) is 303 Å². The van der Waals surface area contributed by atoms with E-state index in [1.54, 1.807) is 0 Å². The van der Waals surface area contributed by atoms with Crippen molar-refractivity contribution in [2.75, 3.05) is 9.80 Å². The van der Waals surface area contributed by atoms with E-state index in [1.165, 1.54) is 87.4 Å². The molecule has 0 unspecified atom stereocenters. The molecule has 0 aliphatic carbocycles. The van der Waals surface area contributed by atoms with Crippen LogP contribution in [0.5, 0.6) is 0 Å². The number of para-hydroxylation sites is 6. The average Bonchev–Trinajstić information content (AvgIpc) is 4.18. The van der Waals surface area contributed by atoms with Crippen LogP contribution in [0, 0.1) is 0 Å². The monoisotopic (exact) mass is 994 g/mol. The van der Waals surface area contributed by atoms with Crippen LogP contribution in [-0.2, 0) is 0 Å². The molecule has 15 aromatic rings. The topological polar surface area (TPSA) is 16.3 Å². The average molecular weight is 995 g/mol. The third kappa shape index (κ3) is 7.45. The Balaban J connectivity index is 0.787. The Morgan fingerprint density at radius 1 is 0.179 bits per heavy atom. The summed E-state index contributed by atoms with van der Waals surface area (Å²) in [5, 5.41) is 9.91. The SMILES string of the molecule is c1ccc(N(c2ccc(-c3c4ccccc4c(-c4ccc(N(c5ccccc5)c5ccc(-n6c7ccccc7c7ccccc76)cc5)cc4)c4ccccc34)cc2)c2ccc(-n3c4ccccc4c4ccccc43)cc2)cc1. The number of rotatable bonds is 10. The van der Waals surface area contributed by atoms with E-state index in [1.807, 2.05) is 0 Å². The van der Waals surface area contributed by atoms with Crippen LogP contribution >= 0.6 is 0 Å². The first-order valence-electron chi connectivity index (χ1n) is 26.8. The number of anilines is 6. The van der Waals surface area contributed by atoms with Gasteiger partial charge in [0.2, 0.25) is 0 Å². The van der Waals surface area contributed by atoms with E-state index in [0.717, 1.165) is 45.5 Å². The van der Waals surface area contributed by atoms with Crippen LogP contribution in [-0.4, -0.2) is 9.13 Å². The highest BCUT2D eigenvalue weighted by Gasteiger charge is 2.21. The van der Waals surface area contributed by atoms with E-state index < -0.39 is 0 Å². The summed E-state index contributed by atoms with van der Waals surface area (Å²) >= 11 is 0. The molecule has 0 N–H and O–H groups in total. The predicted molar refractivity (Wildman–Crippen MR) is 330 cm³/mol. The summed E-state index contributed by atoms with van der Waals surface area (Å²) < 4.78 is 4.75. The van der Waals surface area contributed by atoms with Gasteiger partial charge in [0.05, 0.1) is 22.1 Å². The van der Waals surface area contributed by atoms with Gasteiger partial charge in [0.25, 0.3) is 0 Å². The standard InChI is InChI=1S/C74H50N4/c1-3-19-53(20-4-1)75(57-43-47-59(48-44-57)77-69-31-15-11-23-61(69)62-24-12-16-32-70(62)77)55-39-35-51(36-40-55)73-65-27-7-9-29-67(65)74(68-30-10-8-28-66(68)73)52-37-41-56(42-38-52)76(54-21-5-2-6-22-54)58-45-49-60(50-46-58)78-71-33-17-13-25-63(71)64-26-14-18-34-72(64)78/h1-50H. The molecule has 0 atom stereocenters. The van der Waals surface area contributed by atoms with Crippen molar-refractivity contribution in [2.24, 2.45) is 0 Å². The van der Waals surface area contributed by atoms with Crippen LogP contribution in [0.25, 0.3) is 98.8 Å². The minimum Gasteiger partial charge on any atom is -0.311 e. The lowest BCUT2D eigenvalue weighted by molar-refractivity contribution is 1.17. The maximum Gasteiger partial charge on any atom is 0.0541 e. The summed E-state index contributed by atoms with van der Waals surface area (Å²) in [6.45, 7) is 0. The molecule has 13 aromatic carbocycles. The molecular weight excluding hydrogens is 945 g/mol. The van der Waals surface area contributed by atoms with Crippen molar-refractivity contribution in [3.05, 3.63) is 303 Å². The van der Waals surface area contributed by atoms with Gasteiger partial charge in [0.1, 0.15) is 0 Å². The first-order valence-corrected chi connectivity index (χ1v) is 26.8. The zero-order chi connectivity index (χ0) is 51.5. The van der Waals surface area contributed by atoms with Crippen LogP contribution in [0.4, 0.5) is 34.1 Å². The normalized spacial score (nSPS) is 11.6. The molecule has 4 nitrogen and oxygen atoms in total. The smallest absolute Gasteiger partial charge is 0.0541 e. The second-order valence-electron chi connectivity index (χ2n) is 20.0. The number of fused-ring (bicyclic) bond motifs is 8. The number of hydrogen-bond acceptors (Lipinski definition) is 2. The Morgan fingerprint density at radius 2 is 0.397 bits per heavy atom. The Bertz CT molecular complexity index is 4230. The molecule has 2 aromatic heterocycles. The largest absolute Gasteiger partial charge is 0.311 e. The first-order chi connectivity index (χ1) is 38.7. The van der Waals surface area contributed by atoms with Gasteiger partial charge in [0, 0.05) is 67.0 Å². The van der Waals surface area contributed by atoms with Crippen molar-refractivity contribution in [2.45, 2.75) is 0 Å². The van der Waals surface area contributed by atoms with Gasteiger partial charge in [-0.25, -0.2) is 0 Å². The first kappa shape index (κ1) is 45.0. The van der Waals surface area contributed by atoms with E-state index >= 15 is 0 Å². The third-order valence-electron chi connectivity index (χ3n) is 15.7. The molecule has 0 radical (unpaired) electrons. The molecule has 0 amide bonds. The summed E-state index contributed by atoms with van der Waals surface area (Å²) in [6.07, 6.45) is 0. The Kier molecular flexibility index (Phi) is 10.8. The van der Waals surface area contributed by atoms with Gasteiger partial charge in [0.15, 0.2) is 0 Å². The molecule has 0 spiro atoms. The molecule has 2 heterocycles. The van der Waals surface area contributed by atoms with E-state index in [0.29, 0.717) is 0 Å². The highest BCUT2D eigenvalue weighted by molar-refractivity contribution is 6.21. The molecule has 78 heavy (non-hydrogen) atoms. The molecule has 366 valence electrons. The van der Waals surface area contributed by atoms with E-state index in [-0.39, 0.29) is 0 Å². The van der Waals surface area contributed by atoms with Gasteiger partial charge in [-0.3, -0.25) is 0 Å². The number of hydrogen-bond donors (Lipinski definition) is 0. The van der Waals surface area contributed by atoms with Crippen LogP contribution in [0.3, 0.4) is 0 Å². The second-order valence-corrected chi connectivity index (χ2v) is 20.0. The lowest BCUT2D eigenvalue weighted by Gasteiger charge is -2.26. The Hall–Kier alpha value is -10.4. The van der Waals surface area contributed by atoms with Crippen molar-refractivity contribution in [1.82, 2.24) is 9.13 Å². The number of nitrogens with zero attached hydrogens (tertiary/aromatic N) is 4. The Morgan fingerprint density at radius 3 is 0.679 bits per heavy atom. The molecule has 0 aliphatic rings. The minimum atomic E-state index is 1.09. The van der Waals surface area contributed by atoms with E-state index in [2.05, 4.69) is 322 Å². The second kappa shape index (κ2) is 18.7. The lowest BCUT2D eigenvalue weighted by atomic mass is 9.86. The fourth-order valence-corrected chi connectivity index (χ4v) is 12.3. The third-order valence-corrected chi connectivity index (χ3v) is 15.7. The number of benzene rings is 13. The molecule has 0 saturated carbocycles. The van der Waals surface area contributed by atoms with Crippen molar-refractivity contribution >= 4 is 99.3 Å². The highest BCUT2D eigenvalue weighted by atomic mass is 15.1. The Labute approximate surface area is 452 Å². The molecule has 15 rings (SSSR count). The molecule has 0 saturated heterocycles. The van der Waals surface area contributed by atoms with Crippen molar-refractivity contribution in [3.8, 4) is 33.6 Å².